The van der Waals surface area contributed by atoms with E-state index in [1.54, 1.807) is 0 Å². The Labute approximate surface area is 309 Å². The third-order valence-corrected chi connectivity index (χ3v) is 10.3. The Bertz CT molecular complexity index is 3140. The maximum Gasteiger partial charge on any atom is 0.227 e. The van der Waals surface area contributed by atoms with Gasteiger partial charge in [-0.1, -0.05) is 103 Å². The number of rotatable bonds is 6. The summed E-state index contributed by atoms with van der Waals surface area (Å²) in [4.78, 5) is 7.27. The molecule has 8 aromatic carbocycles. The van der Waals surface area contributed by atoms with Gasteiger partial charge in [0.1, 0.15) is 27.8 Å². The van der Waals surface area contributed by atoms with Gasteiger partial charge >= 0.3 is 0 Å². The molecule has 0 unspecified atom stereocenters. The maximum absolute atomic E-state index is 6.33. The molecular weight excluding hydrogens is 665 g/mol. The Kier molecular flexibility index (Phi) is 6.79. The van der Waals surface area contributed by atoms with E-state index in [9.17, 15) is 0 Å². The lowest BCUT2D eigenvalue weighted by Crippen LogP contribution is -2.10. The van der Waals surface area contributed by atoms with E-state index in [-0.39, 0.29) is 0 Å². The number of oxazole rings is 1. The van der Waals surface area contributed by atoms with Crippen LogP contribution in [0.4, 0.5) is 17.1 Å². The van der Waals surface area contributed by atoms with Crippen molar-refractivity contribution in [3.05, 3.63) is 182 Å². The van der Waals surface area contributed by atoms with Crippen molar-refractivity contribution in [2.75, 3.05) is 4.90 Å². The van der Waals surface area contributed by atoms with Crippen molar-refractivity contribution in [1.82, 2.24) is 4.98 Å². The zero-order valence-electron chi connectivity index (χ0n) is 28.9. The van der Waals surface area contributed by atoms with E-state index in [0.29, 0.717) is 5.89 Å². The van der Waals surface area contributed by atoms with Crippen LogP contribution in [0.2, 0.25) is 0 Å². The van der Waals surface area contributed by atoms with Crippen molar-refractivity contribution < 1.29 is 13.3 Å². The summed E-state index contributed by atoms with van der Waals surface area (Å²) in [6.45, 7) is 0. The summed E-state index contributed by atoms with van der Waals surface area (Å²) in [5.74, 6) is 0.595. The quantitative estimate of drug-likeness (QED) is 0.173. The van der Waals surface area contributed by atoms with Crippen LogP contribution in [-0.2, 0) is 0 Å². The number of aromatic nitrogens is 1. The number of fused-ring (bicyclic) bond motifs is 8. The first-order valence-electron chi connectivity index (χ1n) is 18.0. The Hall–Kier alpha value is -7.37. The first-order chi connectivity index (χ1) is 26.7. The van der Waals surface area contributed by atoms with Crippen molar-refractivity contribution in [3.63, 3.8) is 0 Å². The molecule has 0 atom stereocenters. The highest BCUT2D eigenvalue weighted by atomic mass is 16.4. The van der Waals surface area contributed by atoms with Crippen LogP contribution in [0.25, 0.3) is 88.7 Å². The van der Waals surface area contributed by atoms with Crippen molar-refractivity contribution in [2.45, 2.75) is 0 Å². The fourth-order valence-corrected chi connectivity index (χ4v) is 7.74. The van der Waals surface area contributed by atoms with Gasteiger partial charge in [0, 0.05) is 27.7 Å². The summed E-state index contributed by atoms with van der Waals surface area (Å²) >= 11 is 0. The van der Waals surface area contributed by atoms with Crippen LogP contribution in [0.3, 0.4) is 0 Å². The molecule has 0 spiro atoms. The zero-order chi connectivity index (χ0) is 35.6. The number of benzene rings is 8. The Morgan fingerprint density at radius 3 is 1.63 bits per heavy atom. The van der Waals surface area contributed by atoms with Crippen molar-refractivity contribution >= 4 is 72.0 Å². The molecule has 3 aromatic heterocycles. The first-order valence-corrected chi connectivity index (χ1v) is 18.0. The predicted molar refractivity (Wildman–Crippen MR) is 220 cm³/mol. The molecular formula is C49H30N2O3. The topological polar surface area (TPSA) is 55.6 Å². The molecule has 3 heterocycles. The van der Waals surface area contributed by atoms with Gasteiger partial charge in [-0.2, -0.15) is 0 Å². The van der Waals surface area contributed by atoms with Crippen LogP contribution in [0.5, 0.6) is 0 Å². The maximum atomic E-state index is 6.33. The van der Waals surface area contributed by atoms with Crippen LogP contribution in [0.1, 0.15) is 0 Å². The normalized spacial score (nSPS) is 11.7. The van der Waals surface area contributed by atoms with Gasteiger partial charge in [-0.3, -0.25) is 0 Å². The summed E-state index contributed by atoms with van der Waals surface area (Å²) in [5.41, 5.74) is 13.5. The van der Waals surface area contributed by atoms with Gasteiger partial charge in [-0.15, -0.1) is 0 Å². The number of furan rings is 2. The van der Waals surface area contributed by atoms with Gasteiger partial charge in [0.05, 0.1) is 16.5 Å². The largest absolute Gasteiger partial charge is 0.456 e. The van der Waals surface area contributed by atoms with Gasteiger partial charge < -0.3 is 18.2 Å². The van der Waals surface area contributed by atoms with Crippen LogP contribution in [0, 0.1) is 0 Å². The number of hydrogen-bond donors (Lipinski definition) is 0. The minimum absolute atomic E-state index is 0.595. The highest BCUT2D eigenvalue weighted by Crippen LogP contribution is 2.44. The van der Waals surface area contributed by atoms with Gasteiger partial charge in [0.2, 0.25) is 5.89 Å². The molecule has 254 valence electrons. The van der Waals surface area contributed by atoms with E-state index >= 15 is 0 Å². The molecule has 5 heteroatoms. The van der Waals surface area contributed by atoms with Crippen LogP contribution in [-0.4, -0.2) is 4.98 Å². The molecule has 11 rings (SSSR count). The molecule has 11 aromatic rings. The van der Waals surface area contributed by atoms with E-state index in [2.05, 4.69) is 114 Å². The molecule has 0 radical (unpaired) electrons. The predicted octanol–water partition coefficient (Wildman–Crippen LogP) is 14.1. The summed E-state index contributed by atoms with van der Waals surface area (Å²) < 4.78 is 18.9. The molecule has 0 N–H and O–H groups in total. The second kappa shape index (κ2) is 12.1. The van der Waals surface area contributed by atoms with E-state index in [1.807, 2.05) is 72.8 Å². The fraction of sp³-hybridized carbons (Fsp3) is 0. The SMILES string of the molecule is c1ccc(-c2ccc(N(c3ccc(-c4ccc5oc6ccc7oc(-c8ccccc8)nc7c6c5c4)cc3)c3cccc4oc5ccccc5c34)cc2)cc1. The van der Waals surface area contributed by atoms with Crippen molar-refractivity contribution in [3.8, 4) is 33.7 Å². The van der Waals surface area contributed by atoms with Crippen molar-refractivity contribution in [1.29, 1.82) is 0 Å². The molecule has 0 amide bonds. The van der Waals surface area contributed by atoms with Crippen LogP contribution >= 0.6 is 0 Å². The fourth-order valence-electron chi connectivity index (χ4n) is 7.74. The number of anilines is 3. The third kappa shape index (κ3) is 4.90. The minimum Gasteiger partial charge on any atom is -0.456 e. The van der Waals surface area contributed by atoms with Gasteiger partial charge in [-0.05, 0) is 101 Å². The molecule has 5 nitrogen and oxygen atoms in total. The highest BCUT2D eigenvalue weighted by Gasteiger charge is 2.21. The van der Waals surface area contributed by atoms with E-state index < -0.39 is 0 Å². The lowest BCUT2D eigenvalue weighted by atomic mass is 10.0. The molecule has 0 bridgehead atoms. The van der Waals surface area contributed by atoms with E-state index in [0.717, 1.165) is 88.7 Å². The molecule has 0 aliphatic heterocycles. The van der Waals surface area contributed by atoms with E-state index in [1.165, 1.54) is 11.1 Å². The molecule has 0 aliphatic rings. The average Bonchev–Trinajstić information content (AvgIpc) is 3.95. The molecule has 0 saturated heterocycles. The third-order valence-electron chi connectivity index (χ3n) is 10.3. The number of hydrogen-bond acceptors (Lipinski definition) is 5. The first kappa shape index (κ1) is 30.3. The molecule has 0 saturated carbocycles. The van der Waals surface area contributed by atoms with Gasteiger partial charge in [0.25, 0.3) is 0 Å². The summed E-state index contributed by atoms with van der Waals surface area (Å²) in [7, 11) is 0. The number of para-hydroxylation sites is 1. The molecule has 0 aliphatic carbocycles. The van der Waals surface area contributed by atoms with Gasteiger partial charge in [0.15, 0.2) is 5.58 Å². The number of nitrogens with zero attached hydrogens (tertiary/aromatic N) is 2. The molecule has 54 heavy (non-hydrogen) atoms. The second-order valence-electron chi connectivity index (χ2n) is 13.5. The molecule has 0 fully saturated rings. The van der Waals surface area contributed by atoms with E-state index in [4.69, 9.17) is 18.2 Å². The average molecular weight is 695 g/mol. The second-order valence-corrected chi connectivity index (χ2v) is 13.5. The lowest BCUT2D eigenvalue weighted by Gasteiger charge is -2.26. The summed E-state index contributed by atoms with van der Waals surface area (Å²) in [6, 6.07) is 62.8. The standard InChI is InChI=1S/C49H30N2O3/c1-3-10-31(11-4-1)32-18-23-36(24-19-32)51(40-15-9-17-43-46(40)38-14-7-8-16-41(38)52-43)37-25-20-33(21-26-37)35-22-27-42-39(30-35)47-44(53-42)28-29-45-48(47)50-49(54-45)34-12-5-2-6-13-34/h1-30H. The Morgan fingerprint density at radius 1 is 0.352 bits per heavy atom. The van der Waals surface area contributed by atoms with Gasteiger partial charge in [-0.25, -0.2) is 4.98 Å². The summed E-state index contributed by atoms with van der Waals surface area (Å²) in [6.07, 6.45) is 0. The highest BCUT2D eigenvalue weighted by molar-refractivity contribution is 6.17. The minimum atomic E-state index is 0.595. The van der Waals surface area contributed by atoms with Crippen LogP contribution < -0.4 is 4.90 Å². The smallest absolute Gasteiger partial charge is 0.227 e. The van der Waals surface area contributed by atoms with Crippen LogP contribution in [0.15, 0.2) is 195 Å². The Morgan fingerprint density at radius 2 is 0.889 bits per heavy atom. The van der Waals surface area contributed by atoms with Crippen molar-refractivity contribution in [2.24, 2.45) is 0 Å². The lowest BCUT2D eigenvalue weighted by molar-refractivity contribution is 0.619. The summed E-state index contributed by atoms with van der Waals surface area (Å²) in [5, 5.41) is 4.13. The monoisotopic (exact) mass is 694 g/mol. The zero-order valence-corrected chi connectivity index (χ0v) is 28.9. The Balaban J connectivity index is 1.03.